The highest BCUT2D eigenvalue weighted by atomic mass is 19.3. The number of aromatic nitrogens is 6. The zero-order valence-electron chi connectivity index (χ0n) is 18.5. The number of hydrogen-bond donors (Lipinski definition) is 1. The molecule has 4 aromatic rings. The largest absolute Gasteiger partial charge is 0.366 e. The topological polar surface area (TPSA) is 102 Å². The molecule has 3 aromatic heterocycles. The van der Waals surface area contributed by atoms with Crippen molar-refractivity contribution in [3.63, 3.8) is 0 Å². The van der Waals surface area contributed by atoms with Gasteiger partial charge in [-0.3, -0.25) is 0 Å². The second-order valence-corrected chi connectivity index (χ2v) is 8.08. The lowest BCUT2D eigenvalue weighted by molar-refractivity contribution is -0.145. The summed E-state index contributed by atoms with van der Waals surface area (Å²) in [5.41, 5.74) is 2.03. The Morgan fingerprint density at radius 1 is 1.06 bits per heavy atom. The number of fused-ring (bicyclic) bond motifs is 1. The molecular formula is C22H19F4N7O2. The quantitative estimate of drug-likeness (QED) is 0.435. The number of morpholine rings is 1. The first kappa shape index (κ1) is 23.1. The Bertz CT molecular complexity index is 1410. The van der Waals surface area contributed by atoms with E-state index >= 15 is 0 Å². The van der Waals surface area contributed by atoms with Gasteiger partial charge in [-0.1, -0.05) is 0 Å². The number of anilines is 1. The number of benzene rings is 1. The van der Waals surface area contributed by atoms with E-state index < -0.39 is 30.6 Å². The van der Waals surface area contributed by atoms with Crippen molar-refractivity contribution in [2.45, 2.75) is 32.8 Å². The molecule has 1 aromatic carbocycles. The van der Waals surface area contributed by atoms with Crippen LogP contribution in [-0.4, -0.2) is 54.2 Å². The predicted molar refractivity (Wildman–Crippen MR) is 115 cm³/mol. The fraction of sp³-hybridized carbons (Fsp3) is 0.318. The molecule has 0 saturated carbocycles. The van der Waals surface area contributed by atoms with Crippen LogP contribution in [0.4, 0.5) is 23.5 Å². The summed E-state index contributed by atoms with van der Waals surface area (Å²) in [7, 11) is 0. The molecule has 35 heavy (non-hydrogen) atoms. The maximum Gasteiger partial charge on any atom is 0.333 e. The fourth-order valence-electron chi connectivity index (χ4n) is 3.82. The number of ether oxygens (including phenoxy) is 1. The summed E-state index contributed by atoms with van der Waals surface area (Å²) in [6.07, 6.45) is 0.247. The van der Waals surface area contributed by atoms with E-state index in [4.69, 9.17) is 4.74 Å². The Hall–Kier alpha value is -3.71. The molecule has 4 heterocycles. The van der Waals surface area contributed by atoms with E-state index in [1.807, 2.05) is 0 Å². The van der Waals surface area contributed by atoms with Crippen LogP contribution in [0.15, 0.2) is 30.6 Å². The van der Waals surface area contributed by atoms with Crippen LogP contribution < -0.4 is 4.90 Å². The summed E-state index contributed by atoms with van der Waals surface area (Å²) >= 11 is 0. The minimum absolute atomic E-state index is 0.00108. The molecule has 0 bridgehead atoms. The summed E-state index contributed by atoms with van der Waals surface area (Å²) < 4.78 is 60.2. The van der Waals surface area contributed by atoms with Gasteiger partial charge in [0.25, 0.3) is 0 Å². The van der Waals surface area contributed by atoms with E-state index in [0.29, 0.717) is 21.6 Å². The van der Waals surface area contributed by atoms with Gasteiger partial charge >= 0.3 is 6.55 Å². The van der Waals surface area contributed by atoms with Crippen molar-refractivity contribution in [1.29, 1.82) is 0 Å². The van der Waals surface area contributed by atoms with Crippen molar-refractivity contribution in [2.24, 2.45) is 0 Å². The lowest BCUT2D eigenvalue weighted by Gasteiger charge is -2.35. The molecule has 9 nitrogen and oxygen atoms in total. The normalized spacial score (nSPS) is 18.6. The Labute approximate surface area is 196 Å². The molecular weight excluding hydrogens is 470 g/mol. The number of rotatable bonds is 4. The molecule has 0 spiro atoms. The maximum atomic E-state index is 14.7. The Balaban J connectivity index is 1.60. The molecule has 0 amide bonds. The second-order valence-electron chi connectivity index (χ2n) is 8.08. The standard InChI is InChI=1S/C22H19F4N7O2/c1-10-11(2)29-20-19(28-10)18(14-4-3-13(23)5-15(14)24)30-22(31-20)32-8-16(35-17(34)9-32)12-6-27-33(7-12)21(25)26/h3-7,16-17,21,34H,8-9H2,1-2H3/t16-,17+/m0/s1. The third kappa shape index (κ3) is 4.39. The number of nitrogens with zero attached hydrogens (tertiary/aromatic N) is 7. The second kappa shape index (κ2) is 8.82. The number of halogens is 4. The average Bonchev–Trinajstić information content (AvgIpc) is 3.30. The highest BCUT2D eigenvalue weighted by Crippen LogP contribution is 2.32. The fourth-order valence-corrected chi connectivity index (χ4v) is 3.82. The molecule has 1 fully saturated rings. The summed E-state index contributed by atoms with van der Waals surface area (Å²) in [6, 6.07) is 3.10. The molecule has 0 unspecified atom stereocenters. The van der Waals surface area contributed by atoms with E-state index in [0.717, 1.165) is 18.3 Å². The molecule has 2 atom stereocenters. The van der Waals surface area contributed by atoms with Gasteiger partial charge in [0.1, 0.15) is 28.9 Å². The van der Waals surface area contributed by atoms with Crippen molar-refractivity contribution in [3.05, 3.63) is 59.2 Å². The minimum Gasteiger partial charge on any atom is -0.366 e. The van der Waals surface area contributed by atoms with E-state index in [2.05, 4.69) is 25.0 Å². The number of alkyl halides is 2. The Kier molecular flexibility index (Phi) is 5.81. The van der Waals surface area contributed by atoms with Crippen molar-refractivity contribution in [3.8, 4) is 11.3 Å². The van der Waals surface area contributed by atoms with Gasteiger partial charge in [-0.25, -0.2) is 28.4 Å². The molecule has 13 heteroatoms. The summed E-state index contributed by atoms with van der Waals surface area (Å²) in [5, 5.41) is 13.9. The first-order chi connectivity index (χ1) is 16.7. The molecule has 5 rings (SSSR count). The smallest absolute Gasteiger partial charge is 0.333 e. The number of β-amino-alcohol motifs (C(OH)–C–C–N with tert-alkyl or cyclic N) is 1. The summed E-state index contributed by atoms with van der Waals surface area (Å²) in [4.78, 5) is 19.5. The average molecular weight is 489 g/mol. The van der Waals surface area contributed by atoms with E-state index in [9.17, 15) is 22.7 Å². The number of hydrogen-bond acceptors (Lipinski definition) is 8. The summed E-state index contributed by atoms with van der Waals surface area (Å²) in [6.45, 7) is 0.700. The monoisotopic (exact) mass is 489 g/mol. The highest BCUT2D eigenvalue weighted by Gasteiger charge is 2.31. The highest BCUT2D eigenvalue weighted by molar-refractivity contribution is 5.88. The van der Waals surface area contributed by atoms with E-state index in [-0.39, 0.29) is 41.5 Å². The van der Waals surface area contributed by atoms with Gasteiger partial charge < -0.3 is 14.7 Å². The van der Waals surface area contributed by atoms with Crippen molar-refractivity contribution in [1.82, 2.24) is 29.7 Å². The molecule has 1 N–H and O–H groups in total. The van der Waals surface area contributed by atoms with Crippen LogP contribution in [0, 0.1) is 25.5 Å². The lowest BCUT2D eigenvalue weighted by atomic mass is 10.1. The van der Waals surface area contributed by atoms with Crippen molar-refractivity contribution in [2.75, 3.05) is 18.0 Å². The van der Waals surface area contributed by atoms with Crippen molar-refractivity contribution < 1.29 is 27.4 Å². The predicted octanol–water partition coefficient (Wildman–Crippen LogP) is 3.47. The molecule has 182 valence electrons. The van der Waals surface area contributed by atoms with Gasteiger partial charge in [-0.05, 0) is 26.0 Å². The molecule has 1 saturated heterocycles. The third-order valence-electron chi connectivity index (χ3n) is 5.68. The summed E-state index contributed by atoms with van der Waals surface area (Å²) in [5.74, 6) is -1.50. The third-order valence-corrected chi connectivity index (χ3v) is 5.68. The molecule has 0 radical (unpaired) electrons. The van der Waals surface area contributed by atoms with Crippen LogP contribution in [0.25, 0.3) is 22.4 Å². The molecule has 1 aliphatic rings. The van der Waals surface area contributed by atoms with E-state index in [1.54, 1.807) is 18.7 Å². The number of aliphatic hydroxyl groups excluding tert-OH is 1. The van der Waals surface area contributed by atoms with Crippen LogP contribution in [0.3, 0.4) is 0 Å². The van der Waals surface area contributed by atoms with Crippen LogP contribution in [0.2, 0.25) is 0 Å². The minimum atomic E-state index is -2.82. The van der Waals surface area contributed by atoms with Crippen LogP contribution in [0.1, 0.15) is 29.6 Å². The van der Waals surface area contributed by atoms with Crippen LogP contribution in [0.5, 0.6) is 0 Å². The zero-order valence-corrected chi connectivity index (χ0v) is 18.5. The number of aliphatic hydroxyl groups is 1. The van der Waals surface area contributed by atoms with Gasteiger partial charge in [0.15, 0.2) is 11.9 Å². The Morgan fingerprint density at radius 3 is 2.54 bits per heavy atom. The first-order valence-electron chi connectivity index (χ1n) is 10.6. The van der Waals surface area contributed by atoms with Crippen molar-refractivity contribution >= 4 is 17.1 Å². The SMILES string of the molecule is Cc1nc2nc(N3C[C@@H](c4cnn(C(F)F)c4)O[C@@H](O)C3)nc(-c3ccc(F)cc3F)c2nc1C. The Morgan fingerprint density at radius 2 is 1.83 bits per heavy atom. The van der Waals surface area contributed by atoms with Crippen LogP contribution in [-0.2, 0) is 4.74 Å². The zero-order chi connectivity index (χ0) is 24.9. The van der Waals surface area contributed by atoms with Gasteiger partial charge in [0, 0.05) is 23.4 Å². The van der Waals surface area contributed by atoms with Crippen LogP contribution >= 0.6 is 0 Å². The maximum absolute atomic E-state index is 14.7. The molecule has 1 aliphatic heterocycles. The number of aryl methyl sites for hydroxylation is 2. The van der Waals surface area contributed by atoms with Gasteiger partial charge in [0.05, 0.1) is 30.7 Å². The van der Waals surface area contributed by atoms with Gasteiger partial charge in [0.2, 0.25) is 5.95 Å². The van der Waals surface area contributed by atoms with E-state index in [1.165, 1.54) is 12.3 Å². The van der Waals surface area contributed by atoms with Gasteiger partial charge in [-0.15, -0.1) is 0 Å². The first-order valence-corrected chi connectivity index (χ1v) is 10.6. The lowest BCUT2D eigenvalue weighted by Crippen LogP contribution is -2.44. The molecule has 0 aliphatic carbocycles. The van der Waals surface area contributed by atoms with Gasteiger partial charge in [-0.2, -0.15) is 18.9 Å².